The Balaban J connectivity index is 1.20. The van der Waals surface area contributed by atoms with Crippen LogP contribution in [0.1, 0.15) is 84.0 Å². The highest BCUT2D eigenvalue weighted by Crippen LogP contribution is 2.65. The second-order valence-corrected chi connectivity index (χ2v) is 12.1. The Labute approximate surface area is 159 Å². The van der Waals surface area contributed by atoms with Gasteiger partial charge >= 0.3 is 8.60 Å². The normalized spacial score (nSPS) is 54.8. The molecule has 26 heavy (non-hydrogen) atoms. The first kappa shape index (κ1) is 17.2. The maximum Gasteiger partial charge on any atom is 0.333 e. The highest BCUT2D eigenvalue weighted by molar-refractivity contribution is 7.41. The van der Waals surface area contributed by atoms with E-state index in [9.17, 15) is 0 Å². The highest BCUT2D eigenvalue weighted by atomic mass is 31.2. The average Bonchev–Trinajstić information content (AvgIpc) is 2.51. The summed E-state index contributed by atoms with van der Waals surface area (Å²) in [5.41, 5.74) is 0.190. The largest absolute Gasteiger partial charge is 0.333 e. The molecule has 146 valence electrons. The van der Waals surface area contributed by atoms with Crippen LogP contribution in [0.25, 0.3) is 0 Å². The van der Waals surface area contributed by atoms with Crippen molar-refractivity contribution in [1.29, 1.82) is 0 Å². The van der Waals surface area contributed by atoms with E-state index in [0.29, 0.717) is 6.61 Å². The molecule has 8 fully saturated rings. The molecule has 0 amide bonds. The summed E-state index contributed by atoms with van der Waals surface area (Å²) < 4.78 is 19.8. The van der Waals surface area contributed by atoms with Crippen LogP contribution in [0.3, 0.4) is 0 Å². The lowest BCUT2D eigenvalue weighted by Crippen LogP contribution is -2.53. The summed E-state index contributed by atoms with van der Waals surface area (Å²) in [5.74, 6) is 5.50. The van der Waals surface area contributed by atoms with Crippen LogP contribution in [0.5, 0.6) is 0 Å². The highest BCUT2D eigenvalue weighted by Gasteiger charge is 2.56. The van der Waals surface area contributed by atoms with Crippen LogP contribution in [0.4, 0.5) is 0 Å². The van der Waals surface area contributed by atoms with Gasteiger partial charge in [-0.2, -0.15) is 0 Å². The third kappa shape index (κ3) is 2.92. The van der Waals surface area contributed by atoms with E-state index in [4.69, 9.17) is 13.6 Å². The van der Waals surface area contributed by atoms with Gasteiger partial charge in [0.25, 0.3) is 0 Å². The Morgan fingerprint density at radius 2 is 0.923 bits per heavy atom. The van der Waals surface area contributed by atoms with Gasteiger partial charge in [0.05, 0.1) is 17.8 Å². The molecule has 0 aromatic rings. The summed E-state index contributed by atoms with van der Waals surface area (Å²) >= 11 is 0. The van der Waals surface area contributed by atoms with E-state index in [1.165, 1.54) is 77.0 Å². The van der Waals surface area contributed by atoms with E-state index in [2.05, 4.69) is 6.92 Å². The summed E-state index contributed by atoms with van der Waals surface area (Å²) in [6.45, 7) is 2.81. The minimum Gasteiger partial charge on any atom is -0.313 e. The molecule has 8 rings (SSSR count). The van der Waals surface area contributed by atoms with Gasteiger partial charge in [-0.15, -0.1) is 0 Å². The van der Waals surface area contributed by atoms with Gasteiger partial charge < -0.3 is 13.6 Å². The second kappa shape index (κ2) is 6.15. The Morgan fingerprint density at radius 3 is 1.19 bits per heavy atom. The molecule has 0 spiro atoms. The van der Waals surface area contributed by atoms with E-state index in [1.54, 1.807) is 0 Å². The van der Waals surface area contributed by atoms with Crippen molar-refractivity contribution in [2.75, 3.05) is 6.61 Å². The average molecular weight is 378 g/mol. The van der Waals surface area contributed by atoms with Crippen molar-refractivity contribution in [3.8, 4) is 0 Å². The van der Waals surface area contributed by atoms with Crippen LogP contribution in [-0.2, 0) is 13.6 Å². The van der Waals surface area contributed by atoms with E-state index in [1.807, 2.05) is 0 Å². The standard InChI is InChI=1S/C22H35O3P/c1-2-23-26(24-21-9-15-3-16(10-21)5-17(4-15)11-21)25-22-12-18-6-19(13-22)8-20(7-18)14-22/h15-20H,2-14H2,1H3. The Hall–Kier alpha value is 0.310. The van der Waals surface area contributed by atoms with Crippen molar-refractivity contribution in [2.45, 2.75) is 95.2 Å². The van der Waals surface area contributed by atoms with E-state index >= 15 is 0 Å². The molecule has 8 aliphatic carbocycles. The van der Waals surface area contributed by atoms with Gasteiger partial charge in [0, 0.05) is 0 Å². The van der Waals surface area contributed by atoms with Crippen molar-refractivity contribution in [3.05, 3.63) is 0 Å². The summed E-state index contributed by atoms with van der Waals surface area (Å²) in [6.07, 6.45) is 16.4. The Morgan fingerprint density at radius 1 is 0.615 bits per heavy atom. The third-order valence-electron chi connectivity index (χ3n) is 8.73. The lowest BCUT2D eigenvalue weighted by molar-refractivity contribution is -0.143. The van der Waals surface area contributed by atoms with Crippen LogP contribution in [0.15, 0.2) is 0 Å². The van der Waals surface area contributed by atoms with Gasteiger partial charge in [0.15, 0.2) is 0 Å². The maximum atomic E-state index is 6.85. The van der Waals surface area contributed by atoms with Crippen molar-refractivity contribution < 1.29 is 13.6 Å². The summed E-state index contributed by atoms with van der Waals surface area (Å²) in [4.78, 5) is 0. The molecule has 0 aliphatic heterocycles. The van der Waals surface area contributed by atoms with E-state index in [-0.39, 0.29) is 11.2 Å². The van der Waals surface area contributed by atoms with Gasteiger partial charge in [0.2, 0.25) is 0 Å². The molecule has 0 N–H and O–H groups in total. The molecule has 8 saturated carbocycles. The Bertz CT molecular complexity index is 445. The predicted octanol–water partition coefficient (Wildman–Crippen LogP) is 6.22. The molecule has 8 aliphatic rings. The fourth-order valence-electron chi connectivity index (χ4n) is 8.78. The molecule has 0 aromatic heterocycles. The topological polar surface area (TPSA) is 27.7 Å². The van der Waals surface area contributed by atoms with Crippen LogP contribution < -0.4 is 0 Å². The molecule has 0 heterocycles. The fraction of sp³-hybridized carbons (Fsp3) is 1.00. The number of rotatable bonds is 6. The SMILES string of the molecule is CCOP(OC12CC3CC(CC(C3)C1)C2)OC12CC3CC(CC(C3)C1)C2. The fourth-order valence-corrected chi connectivity index (χ4v) is 10.2. The quantitative estimate of drug-likeness (QED) is 0.514. The zero-order valence-electron chi connectivity index (χ0n) is 16.3. The molecule has 0 aromatic carbocycles. The van der Waals surface area contributed by atoms with Crippen molar-refractivity contribution >= 4 is 8.60 Å². The first-order chi connectivity index (χ1) is 12.6. The lowest BCUT2D eigenvalue weighted by atomic mass is 9.54. The smallest absolute Gasteiger partial charge is 0.313 e. The van der Waals surface area contributed by atoms with Gasteiger partial charge in [-0.1, -0.05) is 0 Å². The Kier molecular flexibility index (Phi) is 4.07. The van der Waals surface area contributed by atoms with Crippen LogP contribution in [-0.4, -0.2) is 17.8 Å². The summed E-state index contributed by atoms with van der Waals surface area (Å²) in [7, 11) is -1.18. The first-order valence-electron chi connectivity index (χ1n) is 11.4. The van der Waals surface area contributed by atoms with Crippen LogP contribution in [0, 0.1) is 35.5 Å². The van der Waals surface area contributed by atoms with Crippen molar-refractivity contribution in [2.24, 2.45) is 35.5 Å². The summed E-state index contributed by atoms with van der Waals surface area (Å²) in [5, 5.41) is 0. The molecule has 0 atom stereocenters. The predicted molar refractivity (Wildman–Crippen MR) is 103 cm³/mol. The molecule has 8 bridgehead atoms. The number of hydrogen-bond acceptors (Lipinski definition) is 3. The van der Waals surface area contributed by atoms with Crippen molar-refractivity contribution in [1.82, 2.24) is 0 Å². The second-order valence-electron chi connectivity index (χ2n) is 11.0. The first-order valence-corrected chi connectivity index (χ1v) is 12.5. The monoisotopic (exact) mass is 378 g/mol. The van der Waals surface area contributed by atoms with Gasteiger partial charge in [-0.25, -0.2) is 0 Å². The molecule has 0 unspecified atom stereocenters. The van der Waals surface area contributed by atoms with Crippen molar-refractivity contribution in [3.63, 3.8) is 0 Å². The molecular weight excluding hydrogens is 343 g/mol. The third-order valence-corrected chi connectivity index (χ3v) is 10.3. The zero-order chi connectivity index (χ0) is 17.4. The van der Waals surface area contributed by atoms with Crippen LogP contribution >= 0.6 is 8.60 Å². The van der Waals surface area contributed by atoms with Gasteiger partial charge in [0.1, 0.15) is 0 Å². The van der Waals surface area contributed by atoms with E-state index in [0.717, 1.165) is 35.5 Å². The van der Waals surface area contributed by atoms with Crippen LogP contribution in [0.2, 0.25) is 0 Å². The molecule has 3 nitrogen and oxygen atoms in total. The number of hydrogen-bond donors (Lipinski definition) is 0. The zero-order valence-corrected chi connectivity index (χ0v) is 17.2. The molecule has 4 heteroatoms. The lowest BCUT2D eigenvalue weighted by Gasteiger charge is -2.58. The van der Waals surface area contributed by atoms with Gasteiger partial charge in [-0.05, 0) is 119 Å². The maximum absolute atomic E-state index is 6.85. The molecule has 0 saturated heterocycles. The summed E-state index contributed by atoms with van der Waals surface area (Å²) in [6, 6.07) is 0. The van der Waals surface area contributed by atoms with E-state index < -0.39 is 8.60 Å². The minimum absolute atomic E-state index is 0.0952. The minimum atomic E-state index is -1.18. The molecular formula is C22H35O3P. The van der Waals surface area contributed by atoms with Gasteiger partial charge in [-0.3, -0.25) is 0 Å². The molecule has 0 radical (unpaired) electrons.